The van der Waals surface area contributed by atoms with Gasteiger partial charge in [0, 0.05) is 32.7 Å². The molecule has 0 spiro atoms. The van der Waals surface area contributed by atoms with E-state index in [1.165, 1.54) is 51.4 Å². The van der Waals surface area contributed by atoms with E-state index in [9.17, 15) is 0 Å². The van der Waals surface area contributed by atoms with Crippen molar-refractivity contribution in [2.75, 3.05) is 0 Å². The van der Waals surface area contributed by atoms with Crippen LogP contribution in [0.3, 0.4) is 0 Å². The number of hydrogen-bond donors (Lipinski definition) is 0. The van der Waals surface area contributed by atoms with Crippen molar-refractivity contribution in [1.82, 2.24) is 0 Å². The first-order chi connectivity index (χ1) is 7.33. The molecule has 0 aliphatic carbocycles. The minimum Gasteiger partial charge on any atom is -0.338 e. The van der Waals surface area contributed by atoms with Gasteiger partial charge in [0.1, 0.15) is 0 Å². The van der Waals surface area contributed by atoms with Crippen LogP contribution in [0.2, 0.25) is 0 Å². The maximum absolute atomic E-state index is 4.20. The van der Waals surface area contributed by atoms with Gasteiger partial charge in [-0.2, -0.15) is 5.41 Å². The Hall–Kier alpha value is 1.10. The van der Waals surface area contributed by atoms with Crippen LogP contribution in [-0.4, -0.2) is 0 Å². The Morgan fingerprint density at radius 3 is 1.71 bits per heavy atom. The van der Waals surface area contributed by atoms with Gasteiger partial charge in [0.05, 0.1) is 0 Å². The Morgan fingerprint density at radius 1 is 0.765 bits per heavy atom. The van der Waals surface area contributed by atoms with Gasteiger partial charge in [-0.05, 0) is 24.7 Å². The van der Waals surface area contributed by atoms with Crippen LogP contribution in [-0.2, 0) is 32.7 Å². The Labute approximate surface area is 136 Å². The molecule has 101 valence electrons. The van der Waals surface area contributed by atoms with Crippen molar-refractivity contribution in [3.8, 4) is 0 Å². The Kier molecular flexibility index (Phi) is 12.0. The average molecular weight is 314 g/mol. The fraction of sp³-hybridized carbons (Fsp3) is 0.938. The third kappa shape index (κ3) is 11.9. The Balaban J connectivity index is 0. The first kappa shape index (κ1) is 20.4. The van der Waals surface area contributed by atoms with E-state index in [0.29, 0.717) is 5.41 Å². The normalized spacial score (nSPS) is 15.2. The van der Waals surface area contributed by atoms with Crippen molar-refractivity contribution in [1.29, 1.82) is 0 Å². The molecule has 0 aliphatic rings. The summed E-state index contributed by atoms with van der Waals surface area (Å²) in [5.74, 6) is 0. The van der Waals surface area contributed by atoms with E-state index in [-0.39, 0.29) is 38.1 Å². The summed E-state index contributed by atoms with van der Waals surface area (Å²) in [6.07, 6.45) is 10.9. The van der Waals surface area contributed by atoms with Crippen LogP contribution in [0.15, 0.2) is 0 Å². The fourth-order valence-electron chi connectivity index (χ4n) is 2.58. The predicted molar refractivity (Wildman–Crippen MR) is 75.5 cm³/mol. The van der Waals surface area contributed by atoms with E-state index in [1.807, 2.05) is 0 Å². The molecule has 0 N–H and O–H groups in total. The van der Waals surface area contributed by atoms with Gasteiger partial charge >= 0.3 is 0 Å². The number of unbranched alkanes of at least 4 members (excludes halogenated alkanes) is 1. The third-order valence-electron chi connectivity index (χ3n) is 3.62. The average Bonchev–Trinajstić information content (AvgIpc) is 2.13. The second kappa shape index (κ2) is 9.96. The molecule has 0 aromatic rings. The molecule has 0 nitrogen and oxygen atoms in total. The van der Waals surface area contributed by atoms with Crippen LogP contribution in [0.1, 0.15) is 86.0 Å². The van der Waals surface area contributed by atoms with Crippen LogP contribution in [0.4, 0.5) is 0 Å². The predicted octanol–water partition coefficient (Wildman–Crippen LogP) is 6.01. The summed E-state index contributed by atoms with van der Waals surface area (Å²) in [5, 5.41) is 0. The molecule has 0 heterocycles. The van der Waals surface area contributed by atoms with E-state index < -0.39 is 0 Å². The van der Waals surface area contributed by atoms with Gasteiger partial charge in [-0.1, -0.05) is 66.7 Å². The molecular weight excluding hydrogens is 281 g/mol. The molecule has 17 heavy (non-hydrogen) atoms. The molecule has 0 aliphatic heterocycles. The molecule has 0 saturated heterocycles. The van der Waals surface area contributed by atoms with Crippen molar-refractivity contribution in [2.45, 2.75) is 86.0 Å². The number of hydrogen-bond acceptors (Lipinski definition) is 0. The van der Waals surface area contributed by atoms with Crippen molar-refractivity contribution in [3.05, 3.63) is 6.92 Å². The summed E-state index contributed by atoms with van der Waals surface area (Å²) in [6, 6.07) is 0. The van der Waals surface area contributed by atoms with Crippen molar-refractivity contribution in [2.24, 2.45) is 10.8 Å². The molecular formula is C16H33Y-. The van der Waals surface area contributed by atoms with Gasteiger partial charge < -0.3 is 6.92 Å². The molecule has 0 bridgehead atoms. The van der Waals surface area contributed by atoms with Gasteiger partial charge in [-0.3, -0.25) is 0 Å². The minimum absolute atomic E-state index is 0. The fourth-order valence-corrected chi connectivity index (χ4v) is 2.58. The van der Waals surface area contributed by atoms with Crippen LogP contribution in [0.25, 0.3) is 0 Å². The van der Waals surface area contributed by atoms with Crippen molar-refractivity contribution < 1.29 is 32.7 Å². The molecule has 0 fully saturated rings. The zero-order chi connectivity index (χ0) is 12.7. The topological polar surface area (TPSA) is 0 Å². The van der Waals surface area contributed by atoms with E-state index in [0.717, 1.165) is 0 Å². The standard InChI is InChI=1S/C16H33.Y/c1-7-9-13-16(6,11-8-2)14-10-12-15(3,4)5;/h3,7-14H2,1-2,4-6H3;/q-1;. The summed E-state index contributed by atoms with van der Waals surface area (Å²) in [6.45, 7) is 15.8. The van der Waals surface area contributed by atoms with Gasteiger partial charge in [0.25, 0.3) is 0 Å². The zero-order valence-corrected chi connectivity index (χ0v) is 15.8. The smallest absolute Gasteiger partial charge is 0 e. The zero-order valence-electron chi connectivity index (χ0n) is 12.9. The van der Waals surface area contributed by atoms with Crippen LogP contribution < -0.4 is 0 Å². The summed E-state index contributed by atoms with van der Waals surface area (Å²) >= 11 is 0. The van der Waals surface area contributed by atoms with Crippen molar-refractivity contribution >= 4 is 0 Å². The maximum atomic E-state index is 4.20. The molecule has 0 rings (SSSR count). The van der Waals surface area contributed by atoms with Crippen LogP contribution >= 0.6 is 0 Å². The van der Waals surface area contributed by atoms with Crippen LogP contribution in [0.5, 0.6) is 0 Å². The largest absolute Gasteiger partial charge is 0.338 e. The SMILES string of the molecule is [CH2-]C(C)(C)CCCC(C)(CCC)CCCC.[Y]. The van der Waals surface area contributed by atoms with Gasteiger partial charge in [-0.15, -0.1) is 0 Å². The Bertz CT molecular complexity index is 169. The quantitative estimate of drug-likeness (QED) is 0.457. The van der Waals surface area contributed by atoms with E-state index in [2.05, 4.69) is 41.5 Å². The molecule has 1 atom stereocenters. The van der Waals surface area contributed by atoms with E-state index >= 15 is 0 Å². The van der Waals surface area contributed by atoms with Gasteiger partial charge in [0.15, 0.2) is 0 Å². The molecule has 1 heteroatoms. The molecule has 0 aromatic heterocycles. The molecule has 0 amide bonds. The van der Waals surface area contributed by atoms with Crippen molar-refractivity contribution in [3.63, 3.8) is 0 Å². The molecule has 1 radical (unpaired) electrons. The summed E-state index contributed by atoms with van der Waals surface area (Å²) in [5.41, 5.74) is 0.855. The van der Waals surface area contributed by atoms with E-state index in [4.69, 9.17) is 0 Å². The molecule has 0 saturated carbocycles. The summed E-state index contributed by atoms with van der Waals surface area (Å²) in [7, 11) is 0. The summed E-state index contributed by atoms with van der Waals surface area (Å²) < 4.78 is 0. The van der Waals surface area contributed by atoms with Crippen LogP contribution in [0, 0.1) is 17.8 Å². The number of rotatable bonds is 9. The first-order valence-corrected chi connectivity index (χ1v) is 7.18. The van der Waals surface area contributed by atoms with Gasteiger partial charge in [0.2, 0.25) is 0 Å². The first-order valence-electron chi connectivity index (χ1n) is 7.18. The van der Waals surface area contributed by atoms with Gasteiger partial charge in [-0.25, -0.2) is 0 Å². The monoisotopic (exact) mass is 314 g/mol. The molecule has 0 aromatic carbocycles. The Morgan fingerprint density at radius 2 is 1.29 bits per heavy atom. The maximum Gasteiger partial charge on any atom is 0 e. The summed E-state index contributed by atoms with van der Waals surface area (Å²) in [4.78, 5) is 0. The van der Waals surface area contributed by atoms with E-state index in [1.54, 1.807) is 0 Å². The third-order valence-corrected chi connectivity index (χ3v) is 3.62. The minimum atomic E-state index is 0. The second-order valence-corrected chi connectivity index (χ2v) is 6.68. The molecule has 1 unspecified atom stereocenters. The second-order valence-electron chi connectivity index (χ2n) is 6.68.